The van der Waals surface area contributed by atoms with Gasteiger partial charge in [-0.1, -0.05) is 56.7 Å². The van der Waals surface area contributed by atoms with Crippen LogP contribution in [0.3, 0.4) is 0 Å². The summed E-state index contributed by atoms with van der Waals surface area (Å²) in [5, 5.41) is 23.1. The summed E-state index contributed by atoms with van der Waals surface area (Å²) in [5.41, 5.74) is 0.822. The lowest BCUT2D eigenvalue weighted by molar-refractivity contribution is -0.166. The van der Waals surface area contributed by atoms with Crippen molar-refractivity contribution in [1.82, 2.24) is 4.90 Å². The summed E-state index contributed by atoms with van der Waals surface area (Å²) in [6.45, 7) is 14.0. The highest BCUT2D eigenvalue weighted by Crippen LogP contribution is 2.49. The van der Waals surface area contributed by atoms with Crippen molar-refractivity contribution in [2.45, 2.75) is 113 Å². The zero-order chi connectivity index (χ0) is 35.6. The van der Waals surface area contributed by atoms with Gasteiger partial charge in [-0.25, -0.2) is 4.79 Å². The molecule has 2 aromatic carbocycles. The molecule has 1 spiro atoms. The third-order valence-corrected chi connectivity index (χ3v) is 17.8. The number of rotatable bonds is 3. The second-order valence-corrected chi connectivity index (χ2v) is 22.4. The number of carbonyl (C=O) groups is 2. The van der Waals surface area contributed by atoms with Gasteiger partial charge < -0.3 is 29.2 Å². The molecular weight excluding hydrogens is 668 g/mol. The Kier molecular flexibility index (Phi) is 9.22. The molecule has 0 unspecified atom stereocenters. The molecule has 8 nitrogen and oxygen atoms in total. The molecule has 3 aliphatic heterocycles. The number of amides is 1. The quantitative estimate of drug-likeness (QED) is 0.251. The number of carbonyl (C=O) groups excluding carboxylic acids is 1. The summed E-state index contributed by atoms with van der Waals surface area (Å²) in [5.74, 6) is -0.432. The molecule has 2 aliphatic carbocycles. The van der Waals surface area contributed by atoms with Gasteiger partial charge in [0.15, 0.2) is 13.9 Å². The molecule has 2 N–H and O–H groups in total. The standard InChI is InChI=1S/C40H53ClN2O6Si/c1-38(2,3)50(4,5)49-34-10-6-9-30-17-19-43(30)36(44)22-40(47,37(45)46)28-12-16-35-33(21-28)42(23-27-11-14-31(27)34)24-39(25-48-35)18-7-8-26-20-29(41)13-15-32(26)39/h6,10,12-13,15-16,20-21,27,30-31,34,47H,7-9,11,14,17-19,22-25H2,1-5H3,(H,45,46)/b10-6+/t27-,30-,31+,34-,39-,40-/m0/s1. The Morgan fingerprint density at radius 2 is 1.92 bits per heavy atom. The van der Waals surface area contributed by atoms with E-state index in [0.717, 1.165) is 55.8 Å². The van der Waals surface area contributed by atoms with Crippen LogP contribution >= 0.6 is 11.6 Å². The second-order valence-electron chi connectivity index (χ2n) is 17.2. The van der Waals surface area contributed by atoms with Crippen molar-refractivity contribution in [2.24, 2.45) is 11.8 Å². The normalized spacial score (nSPS) is 32.0. The molecule has 1 amide bonds. The van der Waals surface area contributed by atoms with Crippen molar-refractivity contribution >= 4 is 37.5 Å². The molecule has 5 aliphatic rings. The molecule has 10 heteroatoms. The molecule has 1 saturated carbocycles. The number of aliphatic carboxylic acids is 1. The molecule has 270 valence electrons. The number of hydrogen-bond acceptors (Lipinski definition) is 6. The minimum atomic E-state index is -2.37. The van der Waals surface area contributed by atoms with E-state index in [1.165, 1.54) is 11.1 Å². The van der Waals surface area contributed by atoms with Crippen LogP contribution in [-0.4, -0.2) is 73.7 Å². The first-order valence-electron chi connectivity index (χ1n) is 18.5. The zero-order valence-corrected chi connectivity index (χ0v) is 32.0. The van der Waals surface area contributed by atoms with Crippen LogP contribution in [0.2, 0.25) is 23.2 Å². The average Bonchev–Trinajstić information content (AvgIpc) is 3.16. The number of hydrogen-bond donors (Lipinski definition) is 2. The summed E-state index contributed by atoms with van der Waals surface area (Å²) in [6, 6.07) is 11.4. The van der Waals surface area contributed by atoms with Crippen molar-refractivity contribution in [3.8, 4) is 5.75 Å². The van der Waals surface area contributed by atoms with Crippen LogP contribution in [-0.2, 0) is 31.5 Å². The molecule has 1 saturated heterocycles. The monoisotopic (exact) mass is 720 g/mol. The Balaban J connectivity index is 1.33. The number of ether oxygens (including phenoxy) is 1. The van der Waals surface area contributed by atoms with Crippen molar-refractivity contribution in [1.29, 1.82) is 0 Å². The topological polar surface area (TPSA) is 99.5 Å². The van der Waals surface area contributed by atoms with Gasteiger partial charge in [0.1, 0.15) is 5.75 Å². The van der Waals surface area contributed by atoms with Crippen molar-refractivity contribution in [2.75, 3.05) is 31.1 Å². The SMILES string of the molecule is CC(C)(C)[Si](C)(C)O[C@H]1/C=C/C[C@H]2CCN2C(=O)C[C@@](O)(C(=O)O)c2ccc3c(c2)N(C[C@@H]2CC[C@H]21)C[C@@]1(CCCc2cc(Cl)ccc21)CO3. The maximum atomic E-state index is 13.7. The predicted octanol–water partition coefficient (Wildman–Crippen LogP) is 7.45. The fraction of sp³-hybridized carbons (Fsp3) is 0.600. The Morgan fingerprint density at radius 1 is 1.12 bits per heavy atom. The molecule has 2 fully saturated rings. The lowest BCUT2D eigenvalue weighted by atomic mass is 9.68. The summed E-state index contributed by atoms with van der Waals surface area (Å²) in [4.78, 5) is 30.6. The molecule has 2 bridgehead atoms. The number of fused-ring (bicyclic) bond motifs is 5. The van der Waals surface area contributed by atoms with Crippen molar-refractivity contribution in [3.05, 3.63) is 70.3 Å². The van der Waals surface area contributed by atoms with Crippen LogP contribution < -0.4 is 9.64 Å². The van der Waals surface area contributed by atoms with E-state index in [1.807, 2.05) is 6.07 Å². The molecule has 6 atom stereocenters. The van der Waals surface area contributed by atoms with Gasteiger partial charge in [0.05, 0.1) is 24.8 Å². The number of halogens is 1. The van der Waals surface area contributed by atoms with E-state index in [-0.39, 0.29) is 34.1 Å². The molecule has 50 heavy (non-hydrogen) atoms. The first-order valence-corrected chi connectivity index (χ1v) is 21.8. The Morgan fingerprint density at radius 3 is 2.60 bits per heavy atom. The highest BCUT2D eigenvalue weighted by molar-refractivity contribution is 6.74. The first-order chi connectivity index (χ1) is 23.6. The van der Waals surface area contributed by atoms with Crippen LogP contribution in [0.25, 0.3) is 0 Å². The second kappa shape index (κ2) is 13.0. The lowest BCUT2D eigenvalue weighted by Crippen LogP contribution is -2.53. The maximum Gasteiger partial charge on any atom is 0.340 e. The third-order valence-electron chi connectivity index (χ3n) is 13.1. The Labute approximate surface area is 302 Å². The van der Waals surface area contributed by atoms with E-state index < -0.39 is 26.3 Å². The molecule has 2 aromatic rings. The zero-order valence-electron chi connectivity index (χ0n) is 30.2. The highest BCUT2D eigenvalue weighted by Gasteiger charge is 2.49. The largest absolute Gasteiger partial charge is 0.490 e. The molecular formula is C40H53ClN2O6Si. The molecule has 0 aromatic heterocycles. The molecule has 3 heterocycles. The maximum absolute atomic E-state index is 13.7. The fourth-order valence-electron chi connectivity index (χ4n) is 8.70. The van der Waals surface area contributed by atoms with Gasteiger partial charge in [-0.15, -0.1) is 0 Å². The van der Waals surface area contributed by atoms with Gasteiger partial charge >= 0.3 is 5.97 Å². The Hall–Kier alpha value is -2.85. The van der Waals surface area contributed by atoms with Crippen LogP contribution in [0.4, 0.5) is 5.69 Å². The Bertz CT molecular complexity index is 1690. The number of carboxylic acids is 1. The summed E-state index contributed by atoms with van der Waals surface area (Å²) in [7, 11) is -2.11. The molecule has 7 rings (SSSR count). The van der Waals surface area contributed by atoms with E-state index in [0.29, 0.717) is 43.7 Å². The minimum absolute atomic E-state index is 0.0178. The average molecular weight is 721 g/mol. The van der Waals surface area contributed by atoms with Crippen molar-refractivity contribution in [3.63, 3.8) is 0 Å². The number of carboxylic acid groups (broad SMARTS) is 1. The van der Waals surface area contributed by atoms with Gasteiger partial charge in [0.2, 0.25) is 5.91 Å². The van der Waals surface area contributed by atoms with Gasteiger partial charge in [-0.2, -0.15) is 0 Å². The number of aliphatic hydroxyl groups is 1. The number of aryl methyl sites for hydroxylation is 1. The van der Waals surface area contributed by atoms with Crippen LogP contribution in [0.1, 0.15) is 82.4 Å². The van der Waals surface area contributed by atoms with E-state index in [1.54, 1.807) is 23.1 Å². The third kappa shape index (κ3) is 6.30. The van der Waals surface area contributed by atoms with Crippen LogP contribution in [0.5, 0.6) is 5.75 Å². The minimum Gasteiger partial charge on any atom is -0.490 e. The number of benzene rings is 2. The summed E-state index contributed by atoms with van der Waals surface area (Å²) >= 11 is 6.48. The smallest absolute Gasteiger partial charge is 0.340 e. The summed E-state index contributed by atoms with van der Waals surface area (Å²) < 4.78 is 13.9. The summed E-state index contributed by atoms with van der Waals surface area (Å²) in [6.07, 6.45) is 10.5. The van der Waals surface area contributed by atoms with Crippen molar-refractivity contribution < 1.29 is 29.0 Å². The fourth-order valence-corrected chi connectivity index (χ4v) is 10.2. The highest BCUT2D eigenvalue weighted by atomic mass is 35.5. The van der Waals surface area contributed by atoms with E-state index in [2.05, 4.69) is 63.0 Å². The van der Waals surface area contributed by atoms with E-state index in [9.17, 15) is 19.8 Å². The predicted molar refractivity (Wildman–Crippen MR) is 199 cm³/mol. The van der Waals surface area contributed by atoms with E-state index >= 15 is 0 Å². The van der Waals surface area contributed by atoms with Gasteiger partial charge in [-0.05, 0) is 116 Å². The van der Waals surface area contributed by atoms with E-state index in [4.69, 9.17) is 20.8 Å². The number of nitrogens with zero attached hydrogens (tertiary/aromatic N) is 2. The van der Waals surface area contributed by atoms with Gasteiger partial charge in [-0.3, -0.25) is 4.79 Å². The number of anilines is 1. The van der Waals surface area contributed by atoms with Gasteiger partial charge in [0.25, 0.3) is 0 Å². The molecule has 0 radical (unpaired) electrons. The van der Waals surface area contributed by atoms with Gasteiger partial charge in [0, 0.05) is 36.1 Å². The lowest BCUT2D eigenvalue weighted by Gasteiger charge is -2.48. The van der Waals surface area contributed by atoms with Crippen LogP contribution in [0, 0.1) is 11.8 Å². The van der Waals surface area contributed by atoms with Crippen LogP contribution in [0.15, 0.2) is 48.6 Å². The first kappa shape index (κ1) is 35.5.